The van der Waals surface area contributed by atoms with Crippen molar-refractivity contribution in [3.8, 4) is 0 Å². The molecule has 0 unspecified atom stereocenters. The molecule has 1 N–H and O–H groups in total. The maximum atomic E-state index is 10.8. The Morgan fingerprint density at radius 1 is 1.12 bits per heavy atom. The van der Waals surface area contributed by atoms with Crippen LogP contribution >= 0.6 is 0 Å². The fourth-order valence-corrected chi connectivity index (χ4v) is 2.32. The van der Waals surface area contributed by atoms with Gasteiger partial charge in [0, 0.05) is 0 Å². The quantitative estimate of drug-likeness (QED) is 0.450. The van der Waals surface area contributed by atoms with Crippen LogP contribution in [0, 0.1) is 20.2 Å². The zero-order valence-corrected chi connectivity index (χ0v) is 9.14. The van der Waals surface area contributed by atoms with Crippen molar-refractivity contribution < 1.29 is 21.7 Å². The first-order valence-corrected chi connectivity index (χ1v) is 6.66. The molecule has 0 aliphatic heterocycles. The Morgan fingerprint density at radius 3 is 2.06 bits per heavy atom. The predicted molar refractivity (Wildman–Crippen MR) is 48.7 cm³/mol. The number of hydrogen-bond acceptors (Lipinski definition) is 6. The second-order valence-electron chi connectivity index (χ2n) is 2.64. The Bertz CT molecular complexity index is 564. The van der Waals surface area contributed by atoms with Crippen molar-refractivity contribution in [1.29, 1.82) is 0 Å². The standard InChI is InChI=1S/C6H4N2O7Se/c9-7(10)4-1-2-6(16(13,14)15)5(3-4)8(11)12/h1-3H,(H,13,14,15). The van der Waals surface area contributed by atoms with Gasteiger partial charge in [-0.05, 0) is 0 Å². The number of hydrogen-bond donors (Lipinski definition) is 1. The topological polar surface area (TPSA) is 141 Å². The molecule has 0 radical (unpaired) electrons. The molecule has 0 saturated heterocycles. The molecule has 0 aliphatic rings. The molecular weight excluding hydrogens is 291 g/mol. The second-order valence-corrected chi connectivity index (χ2v) is 5.56. The SMILES string of the molecule is O=[N+]([O-])c1ccc([Se](=O)(=O)O)c([N+](=O)[O-])c1. The summed E-state index contributed by atoms with van der Waals surface area (Å²) in [7, 11) is 0. The minimum atomic E-state index is -5.54. The van der Waals surface area contributed by atoms with E-state index >= 15 is 0 Å². The first-order valence-electron chi connectivity index (χ1n) is 3.64. The van der Waals surface area contributed by atoms with Crippen molar-refractivity contribution in [2.75, 3.05) is 0 Å². The molecule has 0 bridgehead atoms. The summed E-state index contributed by atoms with van der Waals surface area (Å²) in [5, 5.41) is 20.8. The molecule has 0 spiro atoms. The molecule has 10 heteroatoms. The van der Waals surface area contributed by atoms with Crippen molar-refractivity contribution in [3.63, 3.8) is 0 Å². The van der Waals surface area contributed by atoms with Gasteiger partial charge >= 0.3 is 89.0 Å². The molecule has 86 valence electrons. The Morgan fingerprint density at radius 2 is 1.69 bits per heavy atom. The molecule has 1 aromatic rings. The zero-order chi connectivity index (χ0) is 12.5. The summed E-state index contributed by atoms with van der Waals surface area (Å²) >= 11 is -5.54. The normalized spacial score (nSPS) is 11.1. The molecule has 0 heterocycles. The van der Waals surface area contributed by atoms with Crippen molar-refractivity contribution in [2.45, 2.75) is 0 Å². The monoisotopic (exact) mass is 296 g/mol. The maximum absolute atomic E-state index is 10.8. The third-order valence-electron chi connectivity index (χ3n) is 1.63. The predicted octanol–water partition coefficient (Wildman–Crippen LogP) is -0.498. The third-order valence-corrected chi connectivity index (χ3v) is 3.52. The average Bonchev–Trinajstić information content (AvgIpc) is 2.15. The first-order chi connectivity index (χ1) is 7.23. The molecular formula is C6H4N2O7Se. The van der Waals surface area contributed by atoms with E-state index in [0.717, 1.165) is 6.07 Å². The summed E-state index contributed by atoms with van der Waals surface area (Å²) < 4.78 is 29.4. The van der Waals surface area contributed by atoms with Crippen LogP contribution in [-0.4, -0.2) is 27.1 Å². The van der Waals surface area contributed by atoms with Crippen LogP contribution in [0.15, 0.2) is 18.2 Å². The summed E-state index contributed by atoms with van der Waals surface area (Å²) in [6.45, 7) is 0. The van der Waals surface area contributed by atoms with Crippen molar-refractivity contribution in [2.24, 2.45) is 0 Å². The van der Waals surface area contributed by atoms with Gasteiger partial charge in [-0.3, -0.25) is 0 Å². The average molecular weight is 295 g/mol. The van der Waals surface area contributed by atoms with E-state index in [0.29, 0.717) is 12.1 Å². The Balaban J connectivity index is 3.55. The van der Waals surface area contributed by atoms with E-state index in [1.54, 1.807) is 0 Å². The fraction of sp³-hybridized carbons (Fsp3) is 0. The number of nitro groups is 2. The first kappa shape index (κ1) is 12.2. The number of nitro benzene ring substituents is 2. The summed E-state index contributed by atoms with van der Waals surface area (Å²) in [6.07, 6.45) is 0. The Labute approximate surface area is 89.6 Å². The van der Waals surface area contributed by atoms with E-state index in [4.69, 9.17) is 4.19 Å². The van der Waals surface area contributed by atoms with Crippen LogP contribution in [0.3, 0.4) is 0 Å². The molecule has 1 rings (SSSR count). The van der Waals surface area contributed by atoms with Crippen LogP contribution < -0.4 is 4.46 Å². The minimum absolute atomic E-state index is 0.480. The number of benzene rings is 1. The van der Waals surface area contributed by atoms with E-state index in [1.165, 1.54) is 0 Å². The molecule has 9 nitrogen and oxygen atoms in total. The van der Waals surface area contributed by atoms with Gasteiger partial charge in [0.2, 0.25) is 0 Å². The van der Waals surface area contributed by atoms with Gasteiger partial charge in [0.05, 0.1) is 0 Å². The van der Waals surface area contributed by atoms with E-state index in [9.17, 15) is 27.9 Å². The van der Waals surface area contributed by atoms with Gasteiger partial charge in [-0.15, -0.1) is 0 Å². The van der Waals surface area contributed by atoms with Crippen LogP contribution in [-0.2, 0) is 7.67 Å². The molecule has 0 aromatic heterocycles. The molecule has 0 aliphatic carbocycles. The molecule has 1 aromatic carbocycles. The van der Waals surface area contributed by atoms with E-state index in [2.05, 4.69) is 0 Å². The van der Waals surface area contributed by atoms with E-state index in [1.807, 2.05) is 0 Å². The van der Waals surface area contributed by atoms with Crippen molar-refractivity contribution in [3.05, 3.63) is 38.4 Å². The van der Waals surface area contributed by atoms with Gasteiger partial charge in [-0.2, -0.15) is 0 Å². The summed E-state index contributed by atoms with van der Waals surface area (Å²) in [4.78, 5) is 18.8. The molecule has 0 saturated carbocycles. The van der Waals surface area contributed by atoms with Crippen LogP contribution in [0.5, 0.6) is 0 Å². The van der Waals surface area contributed by atoms with Crippen molar-refractivity contribution >= 4 is 28.9 Å². The molecule has 0 amide bonds. The Kier molecular flexibility index (Phi) is 2.99. The van der Waals surface area contributed by atoms with Gasteiger partial charge in [0.25, 0.3) is 0 Å². The van der Waals surface area contributed by atoms with E-state index in [-0.39, 0.29) is 0 Å². The molecule has 0 fully saturated rings. The molecule has 0 atom stereocenters. The Hall–Kier alpha value is -1.90. The van der Waals surface area contributed by atoms with Crippen LogP contribution in [0.4, 0.5) is 11.4 Å². The van der Waals surface area contributed by atoms with Gasteiger partial charge in [0.15, 0.2) is 0 Å². The number of nitrogens with zero attached hydrogens (tertiary/aromatic N) is 2. The zero-order valence-electron chi connectivity index (χ0n) is 7.43. The van der Waals surface area contributed by atoms with Crippen LogP contribution in [0.2, 0.25) is 0 Å². The van der Waals surface area contributed by atoms with Gasteiger partial charge in [-0.1, -0.05) is 0 Å². The fourth-order valence-electron chi connectivity index (χ4n) is 0.980. The summed E-state index contributed by atoms with van der Waals surface area (Å²) in [5.41, 5.74) is -1.64. The van der Waals surface area contributed by atoms with Crippen LogP contribution in [0.1, 0.15) is 0 Å². The molecule has 16 heavy (non-hydrogen) atoms. The number of non-ortho nitro benzene ring substituents is 1. The summed E-state index contributed by atoms with van der Waals surface area (Å²) in [5.74, 6) is 0. The van der Waals surface area contributed by atoms with Gasteiger partial charge in [0.1, 0.15) is 0 Å². The second kappa shape index (κ2) is 3.93. The van der Waals surface area contributed by atoms with Gasteiger partial charge in [-0.25, -0.2) is 0 Å². The van der Waals surface area contributed by atoms with Gasteiger partial charge < -0.3 is 0 Å². The van der Waals surface area contributed by atoms with Crippen LogP contribution in [0.25, 0.3) is 0 Å². The third kappa shape index (κ3) is 2.37. The number of rotatable bonds is 3. The van der Waals surface area contributed by atoms with Crippen molar-refractivity contribution in [1.82, 2.24) is 0 Å². The summed E-state index contributed by atoms with van der Waals surface area (Å²) in [6, 6.07) is 1.88. The van der Waals surface area contributed by atoms with E-state index < -0.39 is 38.7 Å².